The molecule has 0 aliphatic heterocycles. The van der Waals surface area contributed by atoms with Gasteiger partial charge in [-0.3, -0.25) is 4.79 Å². The highest BCUT2D eigenvalue weighted by atomic mass is 79.9. The second-order valence-corrected chi connectivity index (χ2v) is 2.57. The van der Waals surface area contributed by atoms with Crippen molar-refractivity contribution in [1.29, 1.82) is 0 Å². The van der Waals surface area contributed by atoms with Gasteiger partial charge in [0.15, 0.2) is 0 Å². The van der Waals surface area contributed by atoms with Crippen LogP contribution in [0.3, 0.4) is 0 Å². The third-order valence-corrected chi connectivity index (χ3v) is 1.49. The van der Waals surface area contributed by atoms with Crippen LogP contribution in [0.5, 0.6) is 0 Å². The fourth-order valence-corrected chi connectivity index (χ4v) is 0.679. The van der Waals surface area contributed by atoms with Crippen LogP contribution >= 0.6 is 15.9 Å². The first kappa shape index (κ1) is 9.62. The summed E-state index contributed by atoms with van der Waals surface area (Å²) in [5.41, 5.74) is 0. The van der Waals surface area contributed by atoms with Gasteiger partial charge in [0.1, 0.15) is 6.29 Å². The van der Waals surface area contributed by atoms with Crippen LogP contribution in [0.25, 0.3) is 0 Å². The van der Waals surface area contributed by atoms with Gasteiger partial charge in [-0.25, -0.2) is 0 Å². The molecule has 0 aliphatic rings. The monoisotopic (exact) mass is 207 g/mol. The van der Waals surface area contributed by atoms with Gasteiger partial charge in [-0.15, -0.1) is 0 Å². The summed E-state index contributed by atoms with van der Waals surface area (Å²) in [5, 5.41) is 2.90. The average molecular weight is 208 g/mol. The molecule has 0 fully saturated rings. The first-order chi connectivity index (χ1) is 4.70. The predicted molar refractivity (Wildman–Crippen MR) is 42.1 cm³/mol. The number of alkyl halides is 1. The molecule has 10 heavy (non-hydrogen) atoms. The Hall–Kier alpha value is -0.380. The number of rotatable bonds is 4. The Bertz CT molecular complexity index is 127. The van der Waals surface area contributed by atoms with E-state index in [0.29, 0.717) is 6.42 Å². The molecule has 3 nitrogen and oxygen atoms in total. The van der Waals surface area contributed by atoms with Crippen LogP contribution in [0.1, 0.15) is 13.3 Å². The van der Waals surface area contributed by atoms with E-state index in [1.165, 1.54) is 0 Å². The van der Waals surface area contributed by atoms with Gasteiger partial charge >= 0.3 is 0 Å². The highest BCUT2D eigenvalue weighted by molar-refractivity contribution is 9.09. The van der Waals surface area contributed by atoms with Crippen LogP contribution in [0, 0.1) is 0 Å². The molecule has 0 radical (unpaired) electrons. The summed E-state index contributed by atoms with van der Waals surface area (Å²) in [4.78, 5) is 20.5. The highest BCUT2D eigenvalue weighted by Crippen LogP contribution is 1.87. The number of nitrogens with one attached hydrogen (secondary N) is 1. The van der Waals surface area contributed by atoms with Gasteiger partial charge < -0.3 is 10.1 Å². The summed E-state index contributed by atoms with van der Waals surface area (Å²) in [6.07, 6.45) is 1.16. The standard InChI is InChI=1S/C6H10BrNO2/c1-5(2-3-9)8-6(10)4-7/h3,5H,2,4H2,1H3,(H,8,10). The van der Waals surface area contributed by atoms with Crippen LogP contribution in [-0.4, -0.2) is 23.6 Å². The van der Waals surface area contributed by atoms with Crippen molar-refractivity contribution in [3.8, 4) is 0 Å². The first-order valence-electron chi connectivity index (χ1n) is 2.99. The number of carbonyl (C=O) groups excluding carboxylic acids is 2. The van der Waals surface area contributed by atoms with Gasteiger partial charge in [-0.05, 0) is 6.92 Å². The Balaban J connectivity index is 3.46. The molecule has 0 saturated heterocycles. The molecule has 1 atom stereocenters. The molecule has 1 unspecified atom stereocenters. The van der Waals surface area contributed by atoms with E-state index in [1.54, 1.807) is 6.92 Å². The summed E-state index contributed by atoms with van der Waals surface area (Å²) in [6, 6.07) is -0.0532. The zero-order chi connectivity index (χ0) is 7.98. The van der Waals surface area contributed by atoms with Gasteiger partial charge in [-0.1, -0.05) is 15.9 Å². The van der Waals surface area contributed by atoms with E-state index in [4.69, 9.17) is 0 Å². The van der Waals surface area contributed by atoms with Crippen molar-refractivity contribution < 1.29 is 9.59 Å². The van der Waals surface area contributed by atoms with Gasteiger partial charge in [0.2, 0.25) is 5.91 Å². The molecule has 0 heterocycles. The van der Waals surface area contributed by atoms with Crippen LogP contribution in [0.4, 0.5) is 0 Å². The fourth-order valence-electron chi connectivity index (χ4n) is 0.517. The van der Waals surface area contributed by atoms with Crippen molar-refractivity contribution in [3.05, 3.63) is 0 Å². The lowest BCUT2D eigenvalue weighted by atomic mass is 10.2. The first-order valence-corrected chi connectivity index (χ1v) is 4.11. The highest BCUT2D eigenvalue weighted by Gasteiger charge is 2.03. The normalized spacial score (nSPS) is 12.2. The molecule has 4 heteroatoms. The molecular weight excluding hydrogens is 198 g/mol. The number of aldehydes is 1. The smallest absolute Gasteiger partial charge is 0.230 e. The van der Waals surface area contributed by atoms with Gasteiger partial charge in [0, 0.05) is 12.5 Å². The zero-order valence-corrected chi connectivity index (χ0v) is 7.35. The zero-order valence-electron chi connectivity index (χ0n) is 5.76. The van der Waals surface area contributed by atoms with Crippen LogP contribution in [0.2, 0.25) is 0 Å². The van der Waals surface area contributed by atoms with Crippen LogP contribution in [0.15, 0.2) is 0 Å². The molecule has 0 rings (SSSR count). The molecule has 0 spiro atoms. The lowest BCUT2D eigenvalue weighted by molar-refractivity contribution is -0.119. The number of hydrogen-bond acceptors (Lipinski definition) is 2. The molecule has 1 N–H and O–H groups in total. The largest absolute Gasteiger partial charge is 0.352 e. The number of hydrogen-bond donors (Lipinski definition) is 1. The van der Waals surface area contributed by atoms with E-state index in [-0.39, 0.29) is 17.3 Å². The molecule has 58 valence electrons. The predicted octanol–water partition coefficient (Wildman–Crippen LogP) is 0.475. The summed E-state index contributed by atoms with van der Waals surface area (Å²) < 4.78 is 0. The van der Waals surface area contributed by atoms with Crippen LogP contribution in [-0.2, 0) is 9.59 Å². The maximum Gasteiger partial charge on any atom is 0.230 e. The Morgan fingerprint density at radius 3 is 2.80 bits per heavy atom. The van der Waals surface area contributed by atoms with E-state index in [2.05, 4.69) is 21.2 Å². The van der Waals surface area contributed by atoms with Crippen molar-refractivity contribution in [2.75, 3.05) is 5.33 Å². The molecule has 0 bridgehead atoms. The van der Waals surface area contributed by atoms with Crippen molar-refractivity contribution in [2.45, 2.75) is 19.4 Å². The minimum absolute atomic E-state index is 0.0532. The van der Waals surface area contributed by atoms with Gasteiger partial charge in [0.05, 0.1) is 5.33 Å². The number of halogens is 1. The summed E-state index contributed by atoms with van der Waals surface area (Å²) in [6.45, 7) is 1.79. The second kappa shape index (κ2) is 5.41. The maximum atomic E-state index is 10.6. The second-order valence-electron chi connectivity index (χ2n) is 2.00. The lowest BCUT2D eigenvalue weighted by Crippen LogP contribution is -2.33. The van der Waals surface area contributed by atoms with E-state index < -0.39 is 0 Å². The Morgan fingerprint density at radius 2 is 2.40 bits per heavy atom. The molecule has 0 aromatic heterocycles. The molecule has 1 amide bonds. The summed E-state index contributed by atoms with van der Waals surface area (Å²) in [5.74, 6) is -0.0886. The quantitative estimate of drug-likeness (QED) is 0.539. The summed E-state index contributed by atoms with van der Waals surface area (Å²) >= 11 is 2.99. The van der Waals surface area contributed by atoms with Crippen molar-refractivity contribution in [1.82, 2.24) is 5.32 Å². The minimum Gasteiger partial charge on any atom is -0.352 e. The molecular formula is C6H10BrNO2. The molecule has 0 aromatic carbocycles. The van der Waals surface area contributed by atoms with E-state index in [0.717, 1.165) is 6.29 Å². The van der Waals surface area contributed by atoms with E-state index in [1.807, 2.05) is 0 Å². The van der Waals surface area contributed by atoms with E-state index in [9.17, 15) is 9.59 Å². The third-order valence-electron chi connectivity index (χ3n) is 0.979. The average Bonchev–Trinajstić information content (AvgIpc) is 1.88. The van der Waals surface area contributed by atoms with Gasteiger partial charge in [0.25, 0.3) is 0 Å². The number of amides is 1. The van der Waals surface area contributed by atoms with Crippen molar-refractivity contribution in [3.63, 3.8) is 0 Å². The topological polar surface area (TPSA) is 46.2 Å². The Morgan fingerprint density at radius 1 is 1.80 bits per heavy atom. The van der Waals surface area contributed by atoms with E-state index >= 15 is 0 Å². The van der Waals surface area contributed by atoms with Crippen LogP contribution < -0.4 is 5.32 Å². The minimum atomic E-state index is -0.0886. The molecule has 0 aliphatic carbocycles. The fraction of sp³-hybridized carbons (Fsp3) is 0.667. The van der Waals surface area contributed by atoms with Crippen molar-refractivity contribution in [2.24, 2.45) is 0 Å². The Labute approximate surface area is 68.3 Å². The molecule has 0 saturated carbocycles. The van der Waals surface area contributed by atoms with Gasteiger partial charge in [-0.2, -0.15) is 0 Å². The molecule has 0 aromatic rings. The Kier molecular flexibility index (Phi) is 5.20. The van der Waals surface area contributed by atoms with Crippen molar-refractivity contribution >= 4 is 28.1 Å². The summed E-state index contributed by atoms with van der Waals surface area (Å²) in [7, 11) is 0. The maximum absolute atomic E-state index is 10.6. The number of carbonyl (C=O) groups is 2. The SMILES string of the molecule is CC(CC=O)NC(=O)CBr. The third kappa shape index (κ3) is 4.49. The lowest BCUT2D eigenvalue weighted by Gasteiger charge is -2.07.